The standard InChI is InChI=1S/C22H32N6O2S/c1-15(17-3-4-17)27-19(7-11-23-27)25-21(29)9-13-31-14-10-22(30)26-20-8-12-24-28(20)16(2)18-5-6-18/h7-8,11-12,15-18H,3-6,9-10,13-14H2,1-2H3,(H,25,29)(H,26,30). The Balaban J connectivity index is 1.12. The third kappa shape index (κ3) is 5.90. The number of amides is 2. The van der Waals surface area contributed by atoms with E-state index in [9.17, 15) is 9.59 Å². The smallest absolute Gasteiger partial charge is 0.226 e. The van der Waals surface area contributed by atoms with Gasteiger partial charge in [0.25, 0.3) is 0 Å². The molecule has 2 aromatic rings. The minimum absolute atomic E-state index is 0.0142. The minimum Gasteiger partial charge on any atom is -0.311 e. The molecule has 0 bridgehead atoms. The van der Waals surface area contributed by atoms with Gasteiger partial charge < -0.3 is 10.6 Å². The number of rotatable bonds is 12. The summed E-state index contributed by atoms with van der Waals surface area (Å²) in [4.78, 5) is 24.6. The zero-order chi connectivity index (χ0) is 21.8. The summed E-state index contributed by atoms with van der Waals surface area (Å²) >= 11 is 1.62. The van der Waals surface area contributed by atoms with Crippen LogP contribution in [-0.2, 0) is 9.59 Å². The Morgan fingerprint density at radius 2 is 1.32 bits per heavy atom. The first kappa shape index (κ1) is 21.9. The van der Waals surface area contributed by atoms with Crippen LogP contribution in [0.2, 0.25) is 0 Å². The normalized spacial score (nSPS) is 17.9. The van der Waals surface area contributed by atoms with Crippen LogP contribution in [0.25, 0.3) is 0 Å². The Hall–Kier alpha value is -2.29. The molecular formula is C22H32N6O2S. The molecule has 0 aromatic carbocycles. The zero-order valence-corrected chi connectivity index (χ0v) is 19.1. The summed E-state index contributed by atoms with van der Waals surface area (Å²) in [6.45, 7) is 4.31. The van der Waals surface area contributed by atoms with Crippen molar-refractivity contribution in [3.05, 3.63) is 24.5 Å². The largest absolute Gasteiger partial charge is 0.311 e. The molecule has 2 saturated carbocycles. The number of aromatic nitrogens is 4. The molecule has 31 heavy (non-hydrogen) atoms. The van der Waals surface area contributed by atoms with Crippen molar-refractivity contribution in [2.45, 2.75) is 64.5 Å². The molecule has 4 rings (SSSR count). The summed E-state index contributed by atoms with van der Waals surface area (Å²) in [7, 11) is 0. The van der Waals surface area contributed by atoms with Gasteiger partial charge in [0.2, 0.25) is 11.8 Å². The fourth-order valence-corrected chi connectivity index (χ4v) is 4.74. The molecule has 8 nitrogen and oxygen atoms in total. The van der Waals surface area contributed by atoms with Crippen LogP contribution < -0.4 is 10.6 Å². The number of carbonyl (C=O) groups is 2. The van der Waals surface area contributed by atoms with Crippen molar-refractivity contribution < 1.29 is 9.59 Å². The summed E-state index contributed by atoms with van der Waals surface area (Å²) in [5.41, 5.74) is 0. The Bertz CT molecular complexity index is 829. The topological polar surface area (TPSA) is 93.8 Å². The Labute approximate surface area is 187 Å². The van der Waals surface area contributed by atoms with Crippen molar-refractivity contribution in [1.82, 2.24) is 19.6 Å². The van der Waals surface area contributed by atoms with E-state index in [1.165, 1.54) is 25.7 Å². The molecule has 0 spiro atoms. The zero-order valence-electron chi connectivity index (χ0n) is 18.3. The second kappa shape index (κ2) is 9.89. The molecule has 2 N–H and O–H groups in total. The lowest BCUT2D eigenvalue weighted by Crippen LogP contribution is -2.19. The molecule has 2 heterocycles. The van der Waals surface area contributed by atoms with Crippen LogP contribution in [0.3, 0.4) is 0 Å². The Morgan fingerprint density at radius 1 is 0.903 bits per heavy atom. The summed E-state index contributed by atoms with van der Waals surface area (Å²) < 4.78 is 3.84. The summed E-state index contributed by atoms with van der Waals surface area (Å²) in [6, 6.07) is 4.34. The van der Waals surface area contributed by atoms with E-state index in [-0.39, 0.29) is 11.8 Å². The van der Waals surface area contributed by atoms with E-state index in [4.69, 9.17) is 0 Å². The van der Waals surface area contributed by atoms with Gasteiger partial charge in [-0.05, 0) is 51.4 Å². The minimum atomic E-state index is -0.0142. The van der Waals surface area contributed by atoms with Crippen LogP contribution in [0.15, 0.2) is 24.5 Å². The lowest BCUT2D eigenvalue weighted by atomic mass is 10.2. The van der Waals surface area contributed by atoms with E-state index in [2.05, 4.69) is 34.7 Å². The molecule has 0 aliphatic heterocycles. The number of anilines is 2. The van der Waals surface area contributed by atoms with Crippen molar-refractivity contribution in [2.24, 2.45) is 11.8 Å². The third-order valence-electron chi connectivity index (χ3n) is 6.20. The second-order valence-corrected chi connectivity index (χ2v) is 9.91. The van der Waals surface area contributed by atoms with Crippen LogP contribution >= 0.6 is 11.8 Å². The van der Waals surface area contributed by atoms with Gasteiger partial charge in [-0.25, -0.2) is 9.36 Å². The van der Waals surface area contributed by atoms with Gasteiger partial charge >= 0.3 is 0 Å². The van der Waals surface area contributed by atoms with Crippen LogP contribution in [0.4, 0.5) is 11.6 Å². The number of nitrogens with zero attached hydrogens (tertiary/aromatic N) is 4. The predicted molar refractivity (Wildman–Crippen MR) is 123 cm³/mol. The molecule has 0 saturated heterocycles. The Kier molecular flexibility index (Phi) is 6.99. The molecule has 2 aromatic heterocycles. The maximum absolute atomic E-state index is 12.3. The van der Waals surface area contributed by atoms with Crippen LogP contribution in [0, 0.1) is 11.8 Å². The van der Waals surface area contributed by atoms with Gasteiger partial charge in [0.15, 0.2) is 0 Å². The van der Waals surface area contributed by atoms with Crippen molar-refractivity contribution in [2.75, 3.05) is 22.1 Å². The van der Waals surface area contributed by atoms with Crippen LogP contribution in [0.5, 0.6) is 0 Å². The van der Waals surface area contributed by atoms with E-state index in [1.807, 2.05) is 21.5 Å². The molecule has 168 valence electrons. The molecule has 2 amide bonds. The molecule has 9 heteroatoms. The van der Waals surface area contributed by atoms with Gasteiger partial charge in [0.05, 0.1) is 24.5 Å². The van der Waals surface area contributed by atoms with Gasteiger partial charge in [-0.1, -0.05) is 0 Å². The number of thioether (sulfide) groups is 1. The fraction of sp³-hybridized carbons (Fsp3) is 0.636. The third-order valence-corrected chi connectivity index (χ3v) is 7.19. The van der Waals surface area contributed by atoms with Crippen molar-refractivity contribution in [3.8, 4) is 0 Å². The summed E-state index contributed by atoms with van der Waals surface area (Å²) in [5.74, 6) is 4.22. The van der Waals surface area contributed by atoms with Crippen molar-refractivity contribution in [1.29, 1.82) is 0 Å². The van der Waals surface area contributed by atoms with E-state index >= 15 is 0 Å². The first-order chi connectivity index (χ1) is 15.0. The van der Waals surface area contributed by atoms with Gasteiger partial charge in [-0.2, -0.15) is 22.0 Å². The number of hydrogen-bond donors (Lipinski definition) is 2. The quantitative estimate of drug-likeness (QED) is 0.481. The highest BCUT2D eigenvalue weighted by Gasteiger charge is 2.31. The van der Waals surface area contributed by atoms with Crippen molar-refractivity contribution in [3.63, 3.8) is 0 Å². The average molecular weight is 445 g/mol. The lowest BCUT2D eigenvalue weighted by Gasteiger charge is -2.15. The Morgan fingerprint density at radius 3 is 1.71 bits per heavy atom. The van der Waals surface area contributed by atoms with Gasteiger partial charge in [0.1, 0.15) is 11.6 Å². The van der Waals surface area contributed by atoms with Gasteiger partial charge in [-0.15, -0.1) is 0 Å². The van der Waals surface area contributed by atoms with E-state index in [0.717, 1.165) is 11.6 Å². The molecule has 2 aliphatic rings. The van der Waals surface area contributed by atoms with E-state index in [1.54, 1.807) is 24.2 Å². The lowest BCUT2D eigenvalue weighted by molar-refractivity contribution is -0.116. The number of carbonyl (C=O) groups excluding carboxylic acids is 2. The first-order valence-electron chi connectivity index (χ1n) is 11.3. The van der Waals surface area contributed by atoms with E-state index < -0.39 is 0 Å². The summed E-state index contributed by atoms with van der Waals surface area (Å²) in [5, 5.41) is 14.7. The van der Waals surface area contributed by atoms with Crippen LogP contribution in [0.1, 0.15) is 64.5 Å². The highest BCUT2D eigenvalue weighted by atomic mass is 32.2. The highest BCUT2D eigenvalue weighted by molar-refractivity contribution is 7.99. The summed E-state index contributed by atoms with van der Waals surface area (Å²) in [6.07, 6.45) is 9.25. The average Bonchev–Trinajstić information content (AvgIpc) is 3.67. The molecule has 2 fully saturated rings. The maximum atomic E-state index is 12.3. The van der Waals surface area contributed by atoms with Gasteiger partial charge in [-0.3, -0.25) is 9.59 Å². The highest BCUT2D eigenvalue weighted by Crippen LogP contribution is 2.40. The predicted octanol–water partition coefficient (Wildman–Crippen LogP) is 4.11. The maximum Gasteiger partial charge on any atom is 0.226 e. The molecule has 2 atom stereocenters. The van der Waals surface area contributed by atoms with Crippen LogP contribution in [-0.4, -0.2) is 42.9 Å². The van der Waals surface area contributed by atoms with Gasteiger partial charge in [0, 0.05) is 36.5 Å². The fourth-order valence-electron chi connectivity index (χ4n) is 3.87. The molecule has 0 radical (unpaired) electrons. The van der Waals surface area contributed by atoms with Crippen molar-refractivity contribution >= 4 is 35.2 Å². The molecular weight excluding hydrogens is 412 g/mol. The van der Waals surface area contributed by atoms with E-state index in [0.29, 0.717) is 48.3 Å². The number of nitrogens with one attached hydrogen (secondary N) is 2. The number of hydrogen-bond acceptors (Lipinski definition) is 5. The second-order valence-electron chi connectivity index (χ2n) is 8.69. The first-order valence-corrected chi connectivity index (χ1v) is 12.4. The monoisotopic (exact) mass is 444 g/mol. The molecule has 2 unspecified atom stereocenters. The molecule has 2 aliphatic carbocycles. The SMILES string of the molecule is CC(C1CC1)n1nccc1NC(=O)CCSCCC(=O)Nc1ccnn1C(C)C1CC1.